The molecule has 0 aliphatic heterocycles. The third-order valence-electron chi connectivity index (χ3n) is 5.24. The highest BCUT2D eigenvalue weighted by molar-refractivity contribution is 5.84. The van der Waals surface area contributed by atoms with Crippen molar-refractivity contribution in [3.8, 4) is 34.3 Å². The fourth-order valence-electron chi connectivity index (χ4n) is 3.75. The van der Waals surface area contributed by atoms with Crippen LogP contribution in [0.2, 0.25) is 0 Å². The fourth-order valence-corrected chi connectivity index (χ4v) is 3.75. The standard InChI is InChI=1S/C24H24N4O5/c1-13-9-15(10-14(2)22(13)32-6)21-18(25-23-24(26-21)28-33-27-23)8-7-17-19(30-4)11-16(29-3)12-20(17)31-5/h7-12H,1-6H3/b8-7+. The van der Waals surface area contributed by atoms with Crippen molar-refractivity contribution in [3.63, 3.8) is 0 Å². The maximum atomic E-state index is 5.55. The van der Waals surface area contributed by atoms with E-state index in [-0.39, 0.29) is 0 Å². The first kappa shape index (κ1) is 22.1. The highest BCUT2D eigenvalue weighted by Gasteiger charge is 2.16. The van der Waals surface area contributed by atoms with E-state index in [2.05, 4.69) is 20.3 Å². The van der Waals surface area contributed by atoms with Gasteiger partial charge in [0.05, 0.1) is 45.4 Å². The van der Waals surface area contributed by atoms with Crippen molar-refractivity contribution in [3.05, 3.63) is 46.6 Å². The third kappa shape index (κ3) is 4.17. The molecule has 0 aliphatic carbocycles. The van der Waals surface area contributed by atoms with Crippen LogP contribution in [-0.4, -0.2) is 48.7 Å². The molecule has 0 unspecified atom stereocenters. The Morgan fingerprint density at radius 3 is 1.88 bits per heavy atom. The number of ether oxygens (including phenoxy) is 4. The van der Waals surface area contributed by atoms with Gasteiger partial charge in [0.25, 0.3) is 0 Å². The van der Waals surface area contributed by atoms with Gasteiger partial charge in [0.2, 0.25) is 11.3 Å². The number of rotatable bonds is 7. The molecule has 170 valence electrons. The van der Waals surface area contributed by atoms with Gasteiger partial charge in [-0.15, -0.1) is 0 Å². The summed E-state index contributed by atoms with van der Waals surface area (Å²) in [5.41, 5.74) is 5.44. The van der Waals surface area contributed by atoms with Crippen molar-refractivity contribution in [2.75, 3.05) is 28.4 Å². The van der Waals surface area contributed by atoms with Crippen LogP contribution in [-0.2, 0) is 0 Å². The number of aryl methyl sites for hydroxylation is 2. The summed E-state index contributed by atoms with van der Waals surface area (Å²) in [4.78, 5) is 9.28. The monoisotopic (exact) mass is 448 g/mol. The van der Waals surface area contributed by atoms with E-state index in [1.54, 1.807) is 40.6 Å². The minimum absolute atomic E-state index is 0.314. The summed E-state index contributed by atoms with van der Waals surface area (Å²) in [6.07, 6.45) is 3.69. The Kier molecular flexibility index (Phi) is 6.12. The molecule has 0 saturated carbocycles. The van der Waals surface area contributed by atoms with Crippen LogP contribution in [0.25, 0.3) is 34.7 Å². The van der Waals surface area contributed by atoms with Gasteiger partial charge in [0.1, 0.15) is 23.0 Å². The molecule has 2 aromatic carbocycles. The Morgan fingerprint density at radius 2 is 1.33 bits per heavy atom. The summed E-state index contributed by atoms with van der Waals surface area (Å²) < 4.78 is 26.8. The summed E-state index contributed by atoms with van der Waals surface area (Å²) in [5, 5.41) is 7.70. The average Bonchev–Trinajstić information content (AvgIpc) is 3.28. The van der Waals surface area contributed by atoms with Crippen LogP contribution < -0.4 is 18.9 Å². The zero-order chi connectivity index (χ0) is 23.5. The molecule has 9 heteroatoms. The number of fused-ring (bicyclic) bond motifs is 1. The van der Waals surface area contributed by atoms with Gasteiger partial charge < -0.3 is 18.9 Å². The van der Waals surface area contributed by atoms with E-state index in [0.29, 0.717) is 39.9 Å². The van der Waals surface area contributed by atoms with Crippen molar-refractivity contribution >= 4 is 23.4 Å². The van der Waals surface area contributed by atoms with Gasteiger partial charge in [-0.3, -0.25) is 0 Å². The van der Waals surface area contributed by atoms with E-state index in [1.165, 1.54) is 0 Å². The van der Waals surface area contributed by atoms with Crippen LogP contribution in [0.4, 0.5) is 0 Å². The Labute approximate surface area is 190 Å². The maximum absolute atomic E-state index is 5.55. The lowest BCUT2D eigenvalue weighted by Crippen LogP contribution is -1.98. The van der Waals surface area contributed by atoms with Crippen LogP contribution in [0.1, 0.15) is 22.4 Å². The number of hydrogen-bond donors (Lipinski definition) is 0. The predicted octanol–water partition coefficient (Wildman–Crippen LogP) is 4.50. The van der Waals surface area contributed by atoms with Gasteiger partial charge in [-0.05, 0) is 59.6 Å². The molecular weight excluding hydrogens is 424 g/mol. The first-order valence-corrected chi connectivity index (χ1v) is 10.1. The molecule has 0 fully saturated rings. The molecule has 0 aliphatic rings. The van der Waals surface area contributed by atoms with Gasteiger partial charge in [-0.25, -0.2) is 14.6 Å². The molecule has 4 rings (SSSR count). The molecule has 0 amide bonds. The molecule has 4 aromatic rings. The predicted molar refractivity (Wildman–Crippen MR) is 124 cm³/mol. The second-order valence-corrected chi connectivity index (χ2v) is 7.29. The molecule has 0 saturated heterocycles. The molecule has 2 aromatic heterocycles. The lowest BCUT2D eigenvalue weighted by atomic mass is 10.0. The van der Waals surface area contributed by atoms with E-state index in [0.717, 1.165) is 28.0 Å². The lowest BCUT2D eigenvalue weighted by molar-refractivity contribution is 0.314. The van der Waals surface area contributed by atoms with Gasteiger partial charge in [-0.2, -0.15) is 0 Å². The van der Waals surface area contributed by atoms with Crippen molar-refractivity contribution in [2.45, 2.75) is 13.8 Å². The first-order valence-electron chi connectivity index (χ1n) is 10.1. The topological polar surface area (TPSA) is 102 Å². The van der Waals surface area contributed by atoms with Crippen molar-refractivity contribution in [2.24, 2.45) is 0 Å². The van der Waals surface area contributed by atoms with Gasteiger partial charge >= 0.3 is 0 Å². The molecule has 0 spiro atoms. The summed E-state index contributed by atoms with van der Waals surface area (Å²) in [6, 6.07) is 7.58. The normalized spacial score (nSPS) is 11.2. The van der Waals surface area contributed by atoms with Gasteiger partial charge in [0.15, 0.2) is 0 Å². The highest BCUT2D eigenvalue weighted by atomic mass is 16.6. The van der Waals surface area contributed by atoms with Crippen LogP contribution in [0, 0.1) is 13.8 Å². The zero-order valence-corrected chi connectivity index (χ0v) is 19.3. The summed E-state index contributed by atoms with van der Waals surface area (Å²) in [5.74, 6) is 2.65. The van der Waals surface area contributed by atoms with E-state index >= 15 is 0 Å². The molecule has 0 bridgehead atoms. The second-order valence-electron chi connectivity index (χ2n) is 7.29. The Balaban J connectivity index is 1.88. The lowest BCUT2D eigenvalue weighted by Gasteiger charge is -2.13. The number of benzene rings is 2. The Morgan fingerprint density at radius 1 is 0.727 bits per heavy atom. The number of methoxy groups -OCH3 is 4. The van der Waals surface area contributed by atoms with Gasteiger partial charge in [0, 0.05) is 17.7 Å². The van der Waals surface area contributed by atoms with Crippen molar-refractivity contribution in [1.82, 2.24) is 20.3 Å². The SMILES string of the molecule is COc1cc(OC)c(/C=C/c2nc3nonc3nc2-c2cc(C)c(OC)c(C)c2)c(OC)c1. The van der Waals surface area contributed by atoms with Crippen LogP contribution in [0.15, 0.2) is 28.9 Å². The smallest absolute Gasteiger partial charge is 0.243 e. The van der Waals surface area contributed by atoms with Gasteiger partial charge in [-0.1, -0.05) is 0 Å². The minimum Gasteiger partial charge on any atom is -0.496 e. The third-order valence-corrected chi connectivity index (χ3v) is 5.24. The molecule has 0 radical (unpaired) electrons. The first-order chi connectivity index (χ1) is 16.0. The van der Waals surface area contributed by atoms with Crippen molar-refractivity contribution < 1.29 is 23.6 Å². The summed E-state index contributed by atoms with van der Waals surface area (Å²) in [6.45, 7) is 3.98. The Hall–Kier alpha value is -4.14. The number of aromatic nitrogens is 4. The molecular formula is C24H24N4O5. The number of hydrogen-bond acceptors (Lipinski definition) is 9. The summed E-state index contributed by atoms with van der Waals surface area (Å²) >= 11 is 0. The van der Waals surface area contributed by atoms with E-state index in [4.69, 9.17) is 23.6 Å². The van der Waals surface area contributed by atoms with E-state index in [9.17, 15) is 0 Å². The largest absolute Gasteiger partial charge is 0.496 e. The fraction of sp³-hybridized carbons (Fsp3) is 0.250. The van der Waals surface area contributed by atoms with Crippen LogP contribution >= 0.6 is 0 Å². The molecule has 9 nitrogen and oxygen atoms in total. The van der Waals surface area contributed by atoms with Crippen LogP contribution in [0.3, 0.4) is 0 Å². The van der Waals surface area contributed by atoms with Crippen molar-refractivity contribution in [1.29, 1.82) is 0 Å². The quantitative estimate of drug-likeness (QED) is 0.404. The maximum Gasteiger partial charge on any atom is 0.243 e. The van der Waals surface area contributed by atoms with E-state index in [1.807, 2.05) is 38.1 Å². The molecule has 33 heavy (non-hydrogen) atoms. The minimum atomic E-state index is 0.314. The second kappa shape index (κ2) is 9.15. The number of nitrogens with zero attached hydrogens (tertiary/aromatic N) is 4. The Bertz CT molecular complexity index is 1300. The molecule has 2 heterocycles. The molecule has 0 atom stereocenters. The highest BCUT2D eigenvalue weighted by Crippen LogP contribution is 2.36. The average molecular weight is 448 g/mol. The van der Waals surface area contributed by atoms with E-state index < -0.39 is 0 Å². The summed E-state index contributed by atoms with van der Waals surface area (Å²) in [7, 11) is 6.43. The molecule has 0 N–H and O–H groups in total. The van der Waals surface area contributed by atoms with Crippen LogP contribution in [0.5, 0.6) is 23.0 Å². The zero-order valence-electron chi connectivity index (χ0n) is 19.3.